The van der Waals surface area contributed by atoms with E-state index in [9.17, 15) is 0 Å². The number of aliphatic imine (C=N–C) groups is 1. The van der Waals surface area contributed by atoms with Crippen LogP contribution in [0.4, 0.5) is 0 Å². The van der Waals surface area contributed by atoms with Gasteiger partial charge >= 0.3 is 0 Å². The Kier molecular flexibility index (Phi) is 6.14. The first-order valence-electron chi connectivity index (χ1n) is 4.07. The Morgan fingerprint density at radius 1 is 1.40 bits per heavy atom. The molecule has 0 bridgehead atoms. The van der Waals surface area contributed by atoms with E-state index < -0.39 is 0 Å². The fourth-order valence-corrected chi connectivity index (χ4v) is 0.771. The van der Waals surface area contributed by atoms with E-state index in [1.165, 1.54) is 18.6 Å². The predicted octanol–water partition coefficient (Wildman–Crippen LogP) is 2.82. The maximum Gasteiger partial charge on any atom is 0.0395 e. The van der Waals surface area contributed by atoms with Crippen molar-refractivity contribution in [1.29, 1.82) is 0 Å². The maximum absolute atomic E-state index is 4.25. The number of nitrogens with zero attached hydrogens (tertiary/aromatic N) is 1. The van der Waals surface area contributed by atoms with Gasteiger partial charge < -0.3 is 0 Å². The third-order valence-corrected chi connectivity index (χ3v) is 1.25. The first-order valence-corrected chi connectivity index (χ1v) is 4.07. The Hall–Kier alpha value is -0.590. The molecule has 0 atom stereocenters. The minimum absolute atomic E-state index is 1.01. The molecule has 10 heavy (non-hydrogen) atoms. The van der Waals surface area contributed by atoms with Crippen LogP contribution in [0.1, 0.15) is 33.6 Å². The lowest BCUT2D eigenvalue weighted by atomic mass is 10.3. The zero-order valence-corrected chi connectivity index (χ0v) is 7.22. The topological polar surface area (TPSA) is 12.4 Å². The van der Waals surface area contributed by atoms with Crippen molar-refractivity contribution >= 4 is 5.71 Å². The standard InChI is InChI=1S/C7H11N.C2H6/c1-7-5-3-2-4-6-8-7;1-2/h3,5H,2,4,6H2,1H3;1-2H3. The molecular formula is C9H17N. The van der Waals surface area contributed by atoms with Crippen LogP contribution >= 0.6 is 0 Å². The summed E-state index contributed by atoms with van der Waals surface area (Å²) in [5.41, 5.74) is 1.17. The van der Waals surface area contributed by atoms with Crippen LogP contribution in [0.25, 0.3) is 0 Å². The highest BCUT2D eigenvalue weighted by molar-refractivity contribution is 5.92. The van der Waals surface area contributed by atoms with Crippen LogP contribution in [0.5, 0.6) is 0 Å². The van der Waals surface area contributed by atoms with Gasteiger partial charge in [0.15, 0.2) is 0 Å². The Morgan fingerprint density at radius 2 is 2.10 bits per heavy atom. The lowest BCUT2D eigenvalue weighted by Crippen LogP contribution is -1.83. The molecule has 1 heteroatoms. The second kappa shape index (κ2) is 6.53. The van der Waals surface area contributed by atoms with Crippen molar-refractivity contribution in [3.63, 3.8) is 0 Å². The molecule has 1 aliphatic heterocycles. The van der Waals surface area contributed by atoms with Gasteiger partial charge in [-0.15, -0.1) is 0 Å². The minimum atomic E-state index is 1.01. The molecule has 0 fully saturated rings. The molecule has 0 radical (unpaired) electrons. The molecule has 0 aromatic carbocycles. The number of allylic oxidation sites excluding steroid dienone is 2. The van der Waals surface area contributed by atoms with Gasteiger partial charge in [0.1, 0.15) is 0 Å². The summed E-state index contributed by atoms with van der Waals surface area (Å²) >= 11 is 0. The van der Waals surface area contributed by atoms with E-state index in [2.05, 4.69) is 17.1 Å². The molecule has 0 aliphatic carbocycles. The Morgan fingerprint density at radius 3 is 2.80 bits per heavy atom. The summed E-state index contributed by atoms with van der Waals surface area (Å²) in [4.78, 5) is 4.25. The SMILES string of the molecule is CC.CC1=NCCCC=C1. The average Bonchev–Trinajstić information content (AvgIpc) is 2.21. The summed E-state index contributed by atoms with van der Waals surface area (Å²) in [6.45, 7) is 7.06. The van der Waals surface area contributed by atoms with Gasteiger partial charge in [0, 0.05) is 12.3 Å². The van der Waals surface area contributed by atoms with E-state index in [4.69, 9.17) is 0 Å². The molecule has 0 unspecified atom stereocenters. The normalized spacial score (nSPS) is 16.5. The van der Waals surface area contributed by atoms with Crippen LogP contribution in [0.15, 0.2) is 17.1 Å². The van der Waals surface area contributed by atoms with E-state index >= 15 is 0 Å². The fraction of sp³-hybridized carbons (Fsp3) is 0.667. The Balaban J connectivity index is 0.000000371. The molecule has 0 N–H and O–H groups in total. The molecule has 0 saturated carbocycles. The van der Waals surface area contributed by atoms with Crippen LogP contribution in [0, 0.1) is 0 Å². The molecule has 0 aromatic heterocycles. The van der Waals surface area contributed by atoms with Crippen molar-refractivity contribution in [3.05, 3.63) is 12.2 Å². The van der Waals surface area contributed by atoms with Crippen molar-refractivity contribution in [2.75, 3.05) is 6.54 Å². The van der Waals surface area contributed by atoms with Crippen molar-refractivity contribution < 1.29 is 0 Å². The van der Waals surface area contributed by atoms with E-state index in [-0.39, 0.29) is 0 Å². The molecule has 58 valence electrons. The Labute approximate surface area is 63.9 Å². The highest BCUT2D eigenvalue weighted by Gasteiger charge is 1.88. The first kappa shape index (κ1) is 9.41. The van der Waals surface area contributed by atoms with Crippen LogP contribution in [-0.4, -0.2) is 12.3 Å². The molecule has 0 amide bonds. The zero-order chi connectivity index (χ0) is 7.82. The highest BCUT2D eigenvalue weighted by Crippen LogP contribution is 1.97. The van der Waals surface area contributed by atoms with Crippen molar-refractivity contribution in [2.24, 2.45) is 4.99 Å². The number of hydrogen-bond acceptors (Lipinski definition) is 1. The average molecular weight is 139 g/mol. The molecule has 1 rings (SSSR count). The lowest BCUT2D eigenvalue weighted by molar-refractivity contribution is 0.864. The Bertz CT molecular complexity index is 123. The summed E-state index contributed by atoms with van der Waals surface area (Å²) in [7, 11) is 0. The quantitative estimate of drug-likeness (QED) is 0.489. The van der Waals surface area contributed by atoms with Gasteiger partial charge in [0.25, 0.3) is 0 Å². The monoisotopic (exact) mass is 139 g/mol. The summed E-state index contributed by atoms with van der Waals surface area (Å²) in [5.74, 6) is 0. The molecular weight excluding hydrogens is 122 g/mol. The van der Waals surface area contributed by atoms with E-state index in [0.717, 1.165) is 6.54 Å². The van der Waals surface area contributed by atoms with E-state index in [0.29, 0.717) is 0 Å². The largest absolute Gasteiger partial charge is 0.290 e. The van der Waals surface area contributed by atoms with Gasteiger partial charge in [-0.3, -0.25) is 4.99 Å². The molecule has 0 saturated heterocycles. The van der Waals surface area contributed by atoms with Gasteiger partial charge in [-0.05, 0) is 25.8 Å². The second-order valence-corrected chi connectivity index (χ2v) is 2.07. The molecule has 1 nitrogen and oxygen atoms in total. The predicted molar refractivity (Wildman–Crippen MR) is 47.7 cm³/mol. The minimum Gasteiger partial charge on any atom is -0.290 e. The first-order chi connectivity index (χ1) is 4.89. The summed E-state index contributed by atoms with van der Waals surface area (Å²) in [5, 5.41) is 0. The van der Waals surface area contributed by atoms with Gasteiger partial charge in [0.2, 0.25) is 0 Å². The third kappa shape index (κ3) is 4.30. The zero-order valence-electron chi connectivity index (χ0n) is 7.22. The van der Waals surface area contributed by atoms with E-state index in [1.807, 2.05) is 20.8 Å². The summed E-state index contributed by atoms with van der Waals surface area (Å²) < 4.78 is 0. The van der Waals surface area contributed by atoms with Crippen LogP contribution < -0.4 is 0 Å². The number of hydrogen-bond donors (Lipinski definition) is 0. The lowest BCUT2D eigenvalue weighted by Gasteiger charge is -1.85. The second-order valence-electron chi connectivity index (χ2n) is 2.07. The van der Waals surface area contributed by atoms with Crippen LogP contribution in [0.3, 0.4) is 0 Å². The smallest absolute Gasteiger partial charge is 0.0395 e. The van der Waals surface area contributed by atoms with Crippen LogP contribution in [0.2, 0.25) is 0 Å². The fourth-order valence-electron chi connectivity index (χ4n) is 0.771. The molecule has 0 aromatic rings. The van der Waals surface area contributed by atoms with E-state index in [1.54, 1.807) is 0 Å². The van der Waals surface area contributed by atoms with Crippen molar-refractivity contribution in [2.45, 2.75) is 33.6 Å². The van der Waals surface area contributed by atoms with Crippen molar-refractivity contribution in [3.8, 4) is 0 Å². The highest BCUT2D eigenvalue weighted by atomic mass is 14.7. The number of rotatable bonds is 0. The van der Waals surface area contributed by atoms with Gasteiger partial charge in [0.05, 0.1) is 0 Å². The molecule has 0 spiro atoms. The van der Waals surface area contributed by atoms with Gasteiger partial charge in [-0.25, -0.2) is 0 Å². The maximum atomic E-state index is 4.25. The van der Waals surface area contributed by atoms with Crippen molar-refractivity contribution in [1.82, 2.24) is 0 Å². The van der Waals surface area contributed by atoms with Gasteiger partial charge in [-0.1, -0.05) is 19.9 Å². The van der Waals surface area contributed by atoms with Crippen LogP contribution in [-0.2, 0) is 0 Å². The molecule has 1 aliphatic rings. The summed E-state index contributed by atoms with van der Waals surface area (Å²) in [6.07, 6.45) is 6.69. The summed E-state index contributed by atoms with van der Waals surface area (Å²) in [6, 6.07) is 0. The van der Waals surface area contributed by atoms with Gasteiger partial charge in [-0.2, -0.15) is 0 Å². The third-order valence-electron chi connectivity index (χ3n) is 1.25. The molecule has 1 heterocycles.